The van der Waals surface area contributed by atoms with Gasteiger partial charge in [0.1, 0.15) is 0 Å². The highest BCUT2D eigenvalue weighted by molar-refractivity contribution is 5.89. The third-order valence-corrected chi connectivity index (χ3v) is 3.59. The molecule has 0 radical (unpaired) electrons. The Morgan fingerprint density at radius 1 is 1.10 bits per heavy atom. The fourth-order valence-electron chi connectivity index (χ4n) is 2.60. The third kappa shape index (κ3) is 2.07. The molecule has 1 aromatic heterocycles. The first kappa shape index (κ1) is 12.5. The van der Waals surface area contributed by atoms with E-state index in [9.17, 15) is 9.90 Å². The fraction of sp³-hybridized carbons (Fsp3) is 0.118. The molecular formula is C17H15NO2. The van der Waals surface area contributed by atoms with Crippen LogP contribution >= 0.6 is 0 Å². The average molecular weight is 265 g/mol. The fourth-order valence-corrected chi connectivity index (χ4v) is 2.60. The summed E-state index contributed by atoms with van der Waals surface area (Å²) in [5.41, 5.74) is 3.45. The Kier molecular flexibility index (Phi) is 3.03. The minimum Gasteiger partial charge on any atom is -0.478 e. The minimum absolute atomic E-state index is 0.365. The van der Waals surface area contributed by atoms with Crippen molar-refractivity contribution in [2.45, 2.75) is 13.5 Å². The molecule has 3 aromatic rings. The number of aromatic nitrogens is 1. The molecule has 3 heteroatoms. The predicted molar refractivity (Wildman–Crippen MR) is 79.2 cm³/mol. The number of hydrogen-bond acceptors (Lipinski definition) is 1. The summed E-state index contributed by atoms with van der Waals surface area (Å²) in [6, 6.07) is 17.4. The van der Waals surface area contributed by atoms with Gasteiger partial charge < -0.3 is 9.67 Å². The molecule has 3 nitrogen and oxygen atoms in total. The highest BCUT2D eigenvalue weighted by Crippen LogP contribution is 2.21. The molecule has 3 rings (SSSR count). The molecular weight excluding hydrogens is 250 g/mol. The van der Waals surface area contributed by atoms with Crippen LogP contribution in [0.2, 0.25) is 0 Å². The van der Waals surface area contributed by atoms with E-state index in [-0.39, 0.29) is 0 Å². The molecule has 0 spiro atoms. The smallest absolute Gasteiger partial charge is 0.336 e. The zero-order chi connectivity index (χ0) is 14.1. The molecule has 0 fully saturated rings. The van der Waals surface area contributed by atoms with E-state index in [1.807, 2.05) is 31.2 Å². The van der Waals surface area contributed by atoms with Crippen LogP contribution in [0.25, 0.3) is 10.9 Å². The monoisotopic (exact) mass is 265 g/mol. The van der Waals surface area contributed by atoms with Crippen molar-refractivity contribution >= 4 is 16.9 Å². The first-order chi connectivity index (χ1) is 9.66. The third-order valence-electron chi connectivity index (χ3n) is 3.59. The van der Waals surface area contributed by atoms with Gasteiger partial charge in [0, 0.05) is 17.8 Å². The maximum absolute atomic E-state index is 11.3. The van der Waals surface area contributed by atoms with Crippen molar-refractivity contribution in [3.63, 3.8) is 0 Å². The molecule has 0 unspecified atom stereocenters. The summed E-state index contributed by atoms with van der Waals surface area (Å²) >= 11 is 0. The average Bonchev–Trinajstić information content (AvgIpc) is 2.76. The van der Waals surface area contributed by atoms with Crippen molar-refractivity contribution in [3.05, 3.63) is 71.4 Å². The Bertz CT molecular complexity index is 787. The molecule has 100 valence electrons. The molecule has 0 bridgehead atoms. The Labute approximate surface area is 117 Å². The van der Waals surface area contributed by atoms with Gasteiger partial charge in [-0.25, -0.2) is 4.79 Å². The van der Waals surface area contributed by atoms with Crippen LogP contribution in [0, 0.1) is 6.92 Å². The Hall–Kier alpha value is -2.55. The van der Waals surface area contributed by atoms with Gasteiger partial charge in [0.25, 0.3) is 0 Å². The maximum atomic E-state index is 11.3. The van der Waals surface area contributed by atoms with E-state index < -0.39 is 5.97 Å². The number of rotatable bonds is 3. The quantitative estimate of drug-likeness (QED) is 0.784. The number of aromatic carboxylic acids is 1. The summed E-state index contributed by atoms with van der Waals surface area (Å²) < 4.78 is 2.15. The zero-order valence-corrected chi connectivity index (χ0v) is 11.2. The molecule has 0 atom stereocenters. The molecule has 0 aliphatic rings. The number of carbonyl (C=O) groups is 1. The standard InChI is InChI=1S/C17H15NO2/c1-12-10-13-6-3-5-9-16(13)18(12)11-14-7-2-4-8-15(14)17(19)20/h2-10H,11H2,1H3,(H,19,20). The number of carboxylic acid groups (broad SMARTS) is 1. The van der Waals surface area contributed by atoms with E-state index >= 15 is 0 Å². The van der Waals surface area contributed by atoms with Crippen molar-refractivity contribution in [1.82, 2.24) is 4.57 Å². The topological polar surface area (TPSA) is 42.2 Å². The van der Waals surface area contributed by atoms with Crippen molar-refractivity contribution in [3.8, 4) is 0 Å². The van der Waals surface area contributed by atoms with Gasteiger partial charge >= 0.3 is 5.97 Å². The number of benzene rings is 2. The number of nitrogens with zero attached hydrogens (tertiary/aromatic N) is 1. The molecule has 2 aromatic carbocycles. The van der Waals surface area contributed by atoms with E-state index in [0.717, 1.165) is 16.8 Å². The second kappa shape index (κ2) is 4.85. The maximum Gasteiger partial charge on any atom is 0.336 e. The van der Waals surface area contributed by atoms with Crippen molar-refractivity contribution < 1.29 is 9.90 Å². The van der Waals surface area contributed by atoms with E-state index in [4.69, 9.17) is 0 Å². The van der Waals surface area contributed by atoms with Crippen LogP contribution in [-0.4, -0.2) is 15.6 Å². The molecule has 0 saturated heterocycles. The van der Waals surface area contributed by atoms with Gasteiger partial charge in [-0.1, -0.05) is 36.4 Å². The summed E-state index contributed by atoms with van der Waals surface area (Å²) in [6.07, 6.45) is 0. The zero-order valence-electron chi connectivity index (χ0n) is 11.2. The first-order valence-corrected chi connectivity index (χ1v) is 6.53. The summed E-state index contributed by atoms with van der Waals surface area (Å²) in [7, 11) is 0. The van der Waals surface area contributed by atoms with Gasteiger partial charge in [-0.15, -0.1) is 0 Å². The van der Waals surface area contributed by atoms with Gasteiger partial charge in [-0.3, -0.25) is 0 Å². The van der Waals surface area contributed by atoms with Crippen LogP contribution in [0.15, 0.2) is 54.6 Å². The van der Waals surface area contributed by atoms with Crippen molar-refractivity contribution in [2.24, 2.45) is 0 Å². The van der Waals surface area contributed by atoms with Crippen LogP contribution < -0.4 is 0 Å². The Balaban J connectivity index is 2.10. The summed E-state index contributed by atoms with van der Waals surface area (Å²) in [6.45, 7) is 2.62. The Morgan fingerprint density at radius 3 is 2.60 bits per heavy atom. The second-order valence-corrected chi connectivity index (χ2v) is 4.89. The lowest BCUT2D eigenvalue weighted by Crippen LogP contribution is -2.07. The summed E-state index contributed by atoms with van der Waals surface area (Å²) in [4.78, 5) is 11.3. The van der Waals surface area contributed by atoms with Crippen LogP contribution in [0.4, 0.5) is 0 Å². The van der Waals surface area contributed by atoms with Gasteiger partial charge in [-0.2, -0.15) is 0 Å². The van der Waals surface area contributed by atoms with Gasteiger partial charge in [-0.05, 0) is 36.1 Å². The first-order valence-electron chi connectivity index (χ1n) is 6.53. The van der Waals surface area contributed by atoms with Gasteiger partial charge in [0.15, 0.2) is 0 Å². The minimum atomic E-state index is -0.880. The largest absolute Gasteiger partial charge is 0.478 e. The molecule has 1 N–H and O–H groups in total. The highest BCUT2D eigenvalue weighted by Gasteiger charge is 2.11. The van der Waals surface area contributed by atoms with E-state index in [2.05, 4.69) is 22.8 Å². The number of para-hydroxylation sites is 1. The number of fused-ring (bicyclic) bond motifs is 1. The summed E-state index contributed by atoms with van der Waals surface area (Å²) in [5, 5.41) is 10.4. The van der Waals surface area contributed by atoms with Gasteiger partial charge in [0.2, 0.25) is 0 Å². The van der Waals surface area contributed by atoms with Crippen molar-refractivity contribution in [2.75, 3.05) is 0 Å². The molecule has 1 heterocycles. The molecule has 0 aliphatic heterocycles. The molecule has 0 amide bonds. The second-order valence-electron chi connectivity index (χ2n) is 4.89. The van der Waals surface area contributed by atoms with E-state index in [1.54, 1.807) is 12.1 Å². The Morgan fingerprint density at radius 2 is 1.80 bits per heavy atom. The number of aryl methyl sites for hydroxylation is 1. The highest BCUT2D eigenvalue weighted by atomic mass is 16.4. The lowest BCUT2D eigenvalue weighted by atomic mass is 10.1. The SMILES string of the molecule is Cc1cc2ccccc2n1Cc1ccccc1C(=O)O. The summed E-state index contributed by atoms with van der Waals surface area (Å²) in [5.74, 6) is -0.880. The number of hydrogen-bond donors (Lipinski definition) is 1. The lowest BCUT2D eigenvalue weighted by molar-refractivity contribution is 0.0695. The predicted octanol–water partition coefficient (Wildman–Crippen LogP) is 3.70. The van der Waals surface area contributed by atoms with E-state index in [0.29, 0.717) is 12.1 Å². The van der Waals surface area contributed by atoms with Gasteiger partial charge in [0.05, 0.1) is 5.56 Å². The van der Waals surface area contributed by atoms with Crippen LogP contribution in [0.5, 0.6) is 0 Å². The lowest BCUT2D eigenvalue weighted by Gasteiger charge is -2.11. The van der Waals surface area contributed by atoms with Crippen molar-refractivity contribution in [1.29, 1.82) is 0 Å². The number of carboxylic acids is 1. The van der Waals surface area contributed by atoms with E-state index in [1.165, 1.54) is 5.39 Å². The van der Waals surface area contributed by atoms with Crippen LogP contribution in [0.3, 0.4) is 0 Å². The van der Waals surface area contributed by atoms with Crippen LogP contribution in [0.1, 0.15) is 21.6 Å². The normalized spacial score (nSPS) is 10.8. The molecule has 0 saturated carbocycles. The van der Waals surface area contributed by atoms with Crippen LogP contribution in [-0.2, 0) is 6.54 Å². The molecule has 0 aliphatic carbocycles. The molecule has 20 heavy (non-hydrogen) atoms.